The van der Waals surface area contributed by atoms with Gasteiger partial charge in [0.1, 0.15) is 5.75 Å². The summed E-state index contributed by atoms with van der Waals surface area (Å²) in [6, 6.07) is 4.85. The van der Waals surface area contributed by atoms with Crippen molar-refractivity contribution in [3.8, 4) is 5.75 Å². The number of fused-ring (bicyclic) bond motifs is 1. The second-order valence-corrected chi connectivity index (χ2v) is 5.16. The van der Waals surface area contributed by atoms with E-state index in [2.05, 4.69) is 10.6 Å². The van der Waals surface area contributed by atoms with Gasteiger partial charge in [-0.1, -0.05) is 0 Å². The molecule has 1 heterocycles. The van der Waals surface area contributed by atoms with E-state index in [1.807, 2.05) is 0 Å². The monoisotopic (exact) mass is 276 g/mol. The summed E-state index contributed by atoms with van der Waals surface area (Å²) >= 11 is 0. The van der Waals surface area contributed by atoms with Gasteiger partial charge < -0.3 is 20.5 Å². The minimum Gasteiger partial charge on any atom is -0.482 e. The van der Waals surface area contributed by atoms with E-state index in [9.17, 15) is 14.7 Å². The van der Waals surface area contributed by atoms with Gasteiger partial charge in [-0.15, -0.1) is 0 Å². The van der Waals surface area contributed by atoms with Crippen LogP contribution in [-0.4, -0.2) is 36.2 Å². The summed E-state index contributed by atoms with van der Waals surface area (Å²) in [7, 11) is 0. The number of aliphatic hydroxyl groups excluding tert-OH is 1. The number of carbonyl (C=O) groups is 2. The molecular formula is C14H16N2O4. The topological polar surface area (TPSA) is 87.7 Å². The molecule has 2 aliphatic rings. The molecule has 0 aromatic heterocycles. The molecule has 1 aromatic carbocycles. The molecule has 1 aromatic rings. The second kappa shape index (κ2) is 5.13. The molecule has 1 unspecified atom stereocenters. The smallest absolute Gasteiger partial charge is 0.262 e. The van der Waals surface area contributed by atoms with Crippen LogP contribution >= 0.6 is 0 Å². The van der Waals surface area contributed by atoms with Crippen LogP contribution in [0.4, 0.5) is 5.69 Å². The Morgan fingerprint density at radius 3 is 3.05 bits per heavy atom. The zero-order valence-corrected chi connectivity index (χ0v) is 10.9. The molecule has 3 rings (SSSR count). The minimum atomic E-state index is -0.466. The summed E-state index contributed by atoms with van der Waals surface area (Å²) in [4.78, 5) is 23.1. The number of anilines is 1. The van der Waals surface area contributed by atoms with Crippen molar-refractivity contribution in [3.63, 3.8) is 0 Å². The van der Waals surface area contributed by atoms with Gasteiger partial charge in [0.15, 0.2) is 6.61 Å². The van der Waals surface area contributed by atoms with Crippen LogP contribution < -0.4 is 15.4 Å². The fourth-order valence-corrected chi connectivity index (χ4v) is 2.16. The minimum absolute atomic E-state index is 0.0432. The van der Waals surface area contributed by atoms with Crippen LogP contribution in [0.5, 0.6) is 5.75 Å². The van der Waals surface area contributed by atoms with Crippen LogP contribution in [0.15, 0.2) is 18.2 Å². The van der Waals surface area contributed by atoms with Crippen LogP contribution in [0.3, 0.4) is 0 Å². The Hall–Kier alpha value is -2.08. The first-order chi connectivity index (χ1) is 9.63. The third-order valence-corrected chi connectivity index (χ3v) is 3.51. The van der Waals surface area contributed by atoms with Gasteiger partial charge in [-0.2, -0.15) is 0 Å². The Morgan fingerprint density at radius 1 is 1.50 bits per heavy atom. The third-order valence-electron chi connectivity index (χ3n) is 3.51. The zero-order chi connectivity index (χ0) is 14.1. The van der Waals surface area contributed by atoms with Gasteiger partial charge >= 0.3 is 0 Å². The molecule has 1 fully saturated rings. The molecule has 0 spiro atoms. The molecule has 0 saturated heterocycles. The van der Waals surface area contributed by atoms with Crippen molar-refractivity contribution in [3.05, 3.63) is 23.8 Å². The van der Waals surface area contributed by atoms with E-state index in [1.165, 1.54) is 0 Å². The van der Waals surface area contributed by atoms with Gasteiger partial charge in [0.05, 0.1) is 11.8 Å². The summed E-state index contributed by atoms with van der Waals surface area (Å²) in [5.74, 6) is 0.354. The van der Waals surface area contributed by atoms with Crippen molar-refractivity contribution >= 4 is 17.5 Å². The van der Waals surface area contributed by atoms with Crippen molar-refractivity contribution < 1.29 is 19.4 Å². The molecule has 6 heteroatoms. The highest BCUT2D eigenvalue weighted by Crippen LogP contribution is 2.32. The fraction of sp³-hybridized carbons (Fsp3) is 0.429. The van der Waals surface area contributed by atoms with Gasteiger partial charge in [0.25, 0.3) is 11.8 Å². The average molecular weight is 276 g/mol. The molecule has 6 nitrogen and oxygen atoms in total. The molecule has 3 N–H and O–H groups in total. The summed E-state index contributed by atoms with van der Waals surface area (Å²) in [5, 5.41) is 15.1. The Labute approximate surface area is 116 Å². The van der Waals surface area contributed by atoms with Crippen molar-refractivity contribution in [2.24, 2.45) is 5.92 Å². The van der Waals surface area contributed by atoms with E-state index < -0.39 is 6.10 Å². The van der Waals surface area contributed by atoms with E-state index in [0.717, 1.165) is 12.8 Å². The van der Waals surface area contributed by atoms with E-state index in [1.54, 1.807) is 18.2 Å². The van der Waals surface area contributed by atoms with E-state index in [4.69, 9.17) is 4.74 Å². The molecule has 0 radical (unpaired) electrons. The fourth-order valence-electron chi connectivity index (χ4n) is 2.16. The molecule has 106 valence electrons. The maximum absolute atomic E-state index is 12.0. The van der Waals surface area contributed by atoms with Gasteiger partial charge in [0, 0.05) is 12.1 Å². The number of amides is 2. The molecule has 1 saturated carbocycles. The molecule has 2 amide bonds. The summed E-state index contributed by atoms with van der Waals surface area (Å²) < 4.78 is 5.26. The highest BCUT2D eigenvalue weighted by atomic mass is 16.5. The first-order valence-corrected chi connectivity index (χ1v) is 6.66. The number of benzene rings is 1. The van der Waals surface area contributed by atoms with Crippen LogP contribution in [-0.2, 0) is 4.79 Å². The molecular weight excluding hydrogens is 260 g/mol. The first kappa shape index (κ1) is 12.9. The van der Waals surface area contributed by atoms with Gasteiger partial charge in [-0.25, -0.2) is 0 Å². The van der Waals surface area contributed by atoms with E-state index in [0.29, 0.717) is 22.9 Å². The maximum Gasteiger partial charge on any atom is 0.262 e. The van der Waals surface area contributed by atoms with Crippen molar-refractivity contribution in [2.45, 2.75) is 18.9 Å². The maximum atomic E-state index is 12.0. The predicted molar refractivity (Wildman–Crippen MR) is 71.6 cm³/mol. The quantitative estimate of drug-likeness (QED) is 0.748. The van der Waals surface area contributed by atoms with Crippen LogP contribution in [0, 0.1) is 5.92 Å². The average Bonchev–Trinajstić information content (AvgIpc) is 3.28. The number of aliphatic hydroxyl groups is 1. The lowest BCUT2D eigenvalue weighted by atomic mass is 10.1. The normalized spacial score (nSPS) is 18.6. The van der Waals surface area contributed by atoms with Crippen LogP contribution in [0.2, 0.25) is 0 Å². The SMILES string of the molecule is O=C1COc2cc(C(=O)NCC(O)C3CC3)ccc2N1. The Kier molecular flexibility index (Phi) is 3.31. The summed E-state index contributed by atoms with van der Waals surface area (Å²) in [6.07, 6.45) is 1.60. The molecule has 20 heavy (non-hydrogen) atoms. The summed E-state index contributed by atoms with van der Waals surface area (Å²) in [5.41, 5.74) is 1.01. The number of hydrogen-bond donors (Lipinski definition) is 3. The number of ether oxygens (including phenoxy) is 1. The van der Waals surface area contributed by atoms with Crippen LogP contribution in [0.25, 0.3) is 0 Å². The second-order valence-electron chi connectivity index (χ2n) is 5.16. The van der Waals surface area contributed by atoms with Gasteiger partial charge in [-0.05, 0) is 37.0 Å². The van der Waals surface area contributed by atoms with Gasteiger partial charge in [0.2, 0.25) is 0 Å². The van der Waals surface area contributed by atoms with Crippen molar-refractivity contribution in [2.75, 3.05) is 18.5 Å². The molecule has 0 bridgehead atoms. The molecule has 1 aliphatic carbocycles. The van der Waals surface area contributed by atoms with E-state index >= 15 is 0 Å². The standard InChI is InChI=1S/C14H16N2O4/c17-11(8-1-2-8)6-15-14(19)9-3-4-10-12(5-9)20-7-13(18)16-10/h3-5,8,11,17H,1-2,6-7H2,(H,15,19)(H,16,18). The molecule has 1 aliphatic heterocycles. The number of carbonyl (C=O) groups excluding carboxylic acids is 2. The van der Waals surface area contributed by atoms with Crippen LogP contribution in [0.1, 0.15) is 23.2 Å². The first-order valence-electron chi connectivity index (χ1n) is 6.66. The highest BCUT2D eigenvalue weighted by Gasteiger charge is 2.29. The van der Waals surface area contributed by atoms with Crippen molar-refractivity contribution in [1.29, 1.82) is 0 Å². The summed E-state index contributed by atoms with van der Waals surface area (Å²) in [6.45, 7) is 0.219. The molecule has 1 atom stereocenters. The largest absolute Gasteiger partial charge is 0.482 e. The lowest BCUT2D eigenvalue weighted by molar-refractivity contribution is -0.118. The number of nitrogens with one attached hydrogen (secondary N) is 2. The zero-order valence-electron chi connectivity index (χ0n) is 10.9. The number of rotatable bonds is 4. The van der Waals surface area contributed by atoms with E-state index in [-0.39, 0.29) is 25.0 Å². The van der Waals surface area contributed by atoms with Gasteiger partial charge in [-0.3, -0.25) is 9.59 Å². The Morgan fingerprint density at radius 2 is 2.30 bits per heavy atom. The Bertz CT molecular complexity index is 554. The third kappa shape index (κ3) is 2.75. The lowest BCUT2D eigenvalue weighted by Gasteiger charge is -2.18. The van der Waals surface area contributed by atoms with Crippen molar-refractivity contribution in [1.82, 2.24) is 5.32 Å². The predicted octanol–water partition coefficient (Wildman–Crippen LogP) is 0.518. The number of hydrogen-bond acceptors (Lipinski definition) is 4. The Balaban J connectivity index is 1.64. The highest BCUT2D eigenvalue weighted by molar-refractivity contribution is 5.98. The lowest BCUT2D eigenvalue weighted by Crippen LogP contribution is -2.33.